The van der Waals surface area contributed by atoms with E-state index in [-0.39, 0.29) is 0 Å². The maximum atomic E-state index is 5.17. The van der Waals surface area contributed by atoms with E-state index >= 15 is 0 Å². The minimum Gasteiger partial charge on any atom is -0.383 e. The first kappa shape index (κ1) is 11.0. The zero-order valence-corrected chi connectivity index (χ0v) is 9.18. The molecule has 0 aromatic heterocycles. The second-order valence-corrected chi connectivity index (χ2v) is 4.34. The molecule has 0 aromatic rings. The first-order chi connectivity index (χ1) is 6.26. The van der Waals surface area contributed by atoms with Crippen LogP contribution in [-0.4, -0.2) is 25.8 Å². The molecule has 1 aliphatic carbocycles. The summed E-state index contributed by atoms with van der Waals surface area (Å²) in [5, 5.41) is 3.67. The van der Waals surface area contributed by atoms with Crippen LogP contribution in [0.25, 0.3) is 0 Å². The Morgan fingerprint density at radius 2 is 2.23 bits per heavy atom. The van der Waals surface area contributed by atoms with Gasteiger partial charge in [0.1, 0.15) is 0 Å². The van der Waals surface area contributed by atoms with Crippen LogP contribution in [0.4, 0.5) is 0 Å². The van der Waals surface area contributed by atoms with Crippen molar-refractivity contribution >= 4 is 0 Å². The second-order valence-electron chi connectivity index (χ2n) is 4.34. The molecule has 0 aliphatic heterocycles. The van der Waals surface area contributed by atoms with Gasteiger partial charge in [-0.3, -0.25) is 0 Å². The summed E-state index contributed by atoms with van der Waals surface area (Å²) < 4.78 is 5.17. The monoisotopic (exact) mass is 185 g/mol. The lowest BCUT2D eigenvalue weighted by Crippen LogP contribution is -2.39. The quantitative estimate of drug-likeness (QED) is 0.709. The van der Waals surface area contributed by atoms with E-state index in [1.54, 1.807) is 7.11 Å². The lowest BCUT2D eigenvalue weighted by Gasteiger charge is -2.21. The lowest BCUT2D eigenvalue weighted by molar-refractivity contribution is 0.158. The summed E-state index contributed by atoms with van der Waals surface area (Å²) in [4.78, 5) is 0. The van der Waals surface area contributed by atoms with Gasteiger partial charge in [0.05, 0.1) is 6.61 Å². The molecule has 78 valence electrons. The van der Waals surface area contributed by atoms with Gasteiger partial charge in [-0.25, -0.2) is 0 Å². The minimum absolute atomic E-state index is 0.556. The molecule has 0 heterocycles. The minimum atomic E-state index is 0.556. The lowest BCUT2D eigenvalue weighted by atomic mass is 10.1. The van der Waals surface area contributed by atoms with Gasteiger partial charge < -0.3 is 10.1 Å². The van der Waals surface area contributed by atoms with E-state index in [0.29, 0.717) is 6.04 Å². The number of rotatable bonds is 5. The third-order valence-corrected chi connectivity index (χ3v) is 3.03. The molecular formula is C11H23NO. The molecule has 1 saturated carbocycles. The molecule has 1 aliphatic rings. The van der Waals surface area contributed by atoms with Crippen molar-refractivity contribution < 1.29 is 4.74 Å². The molecule has 2 heteroatoms. The Bertz CT molecular complexity index is 136. The Kier molecular flexibility index (Phi) is 4.74. The Labute approximate surface area is 82.0 Å². The topological polar surface area (TPSA) is 21.3 Å². The Morgan fingerprint density at radius 1 is 1.46 bits per heavy atom. The number of hydrogen-bond donors (Lipinski definition) is 1. The molecule has 0 bridgehead atoms. The molecule has 1 rings (SSSR count). The summed E-state index contributed by atoms with van der Waals surface area (Å²) in [6, 6.07) is 1.30. The Hall–Kier alpha value is -0.0800. The predicted octanol–water partition coefficient (Wildman–Crippen LogP) is 2.19. The molecule has 3 atom stereocenters. The van der Waals surface area contributed by atoms with Crippen molar-refractivity contribution in [1.82, 2.24) is 5.32 Å². The molecule has 0 aromatic carbocycles. The average molecular weight is 185 g/mol. The zero-order valence-electron chi connectivity index (χ0n) is 9.18. The first-order valence-electron chi connectivity index (χ1n) is 5.51. The van der Waals surface area contributed by atoms with Gasteiger partial charge in [-0.2, -0.15) is 0 Å². The van der Waals surface area contributed by atoms with Crippen LogP contribution >= 0.6 is 0 Å². The molecule has 0 unspecified atom stereocenters. The third kappa shape index (κ3) is 3.65. The van der Waals surface area contributed by atoms with Gasteiger partial charge in [-0.15, -0.1) is 0 Å². The summed E-state index contributed by atoms with van der Waals surface area (Å²) in [6.07, 6.45) is 5.25. The molecular weight excluding hydrogens is 162 g/mol. The van der Waals surface area contributed by atoms with Crippen LogP contribution in [0.15, 0.2) is 0 Å². The molecule has 0 radical (unpaired) electrons. The van der Waals surface area contributed by atoms with E-state index in [2.05, 4.69) is 19.2 Å². The first-order valence-corrected chi connectivity index (χ1v) is 5.51. The fraction of sp³-hybridized carbons (Fsp3) is 1.00. The third-order valence-electron chi connectivity index (χ3n) is 3.03. The Balaban J connectivity index is 2.21. The molecule has 1 fully saturated rings. The maximum Gasteiger partial charge on any atom is 0.0615 e. The van der Waals surface area contributed by atoms with Gasteiger partial charge in [0.2, 0.25) is 0 Å². The fourth-order valence-corrected chi connectivity index (χ4v) is 2.18. The van der Waals surface area contributed by atoms with Crippen molar-refractivity contribution in [2.75, 3.05) is 13.7 Å². The maximum absolute atomic E-state index is 5.17. The van der Waals surface area contributed by atoms with E-state index in [9.17, 15) is 0 Å². The molecule has 0 saturated heterocycles. The fourth-order valence-electron chi connectivity index (χ4n) is 2.18. The van der Waals surface area contributed by atoms with E-state index < -0.39 is 0 Å². The van der Waals surface area contributed by atoms with Crippen molar-refractivity contribution in [3.8, 4) is 0 Å². The summed E-state index contributed by atoms with van der Waals surface area (Å²) >= 11 is 0. The smallest absolute Gasteiger partial charge is 0.0615 e. The standard InChI is InChI=1S/C11H23NO/c1-4-10(8-13-3)12-11-6-5-9(2)7-11/h9-12H,4-8H2,1-3H3/t9-,10+,11-/m0/s1. The molecule has 13 heavy (non-hydrogen) atoms. The highest BCUT2D eigenvalue weighted by molar-refractivity contribution is 4.81. The number of ether oxygens (including phenoxy) is 1. The number of hydrogen-bond acceptors (Lipinski definition) is 2. The van der Waals surface area contributed by atoms with Crippen molar-refractivity contribution in [1.29, 1.82) is 0 Å². The van der Waals surface area contributed by atoms with Crippen LogP contribution in [0.5, 0.6) is 0 Å². The van der Waals surface area contributed by atoms with E-state index in [1.807, 2.05) is 0 Å². The van der Waals surface area contributed by atoms with Gasteiger partial charge in [0.25, 0.3) is 0 Å². The van der Waals surface area contributed by atoms with Crippen molar-refractivity contribution in [2.45, 2.75) is 51.6 Å². The number of methoxy groups -OCH3 is 1. The largest absolute Gasteiger partial charge is 0.383 e. The zero-order chi connectivity index (χ0) is 9.68. The van der Waals surface area contributed by atoms with Crippen LogP contribution in [0.1, 0.15) is 39.5 Å². The normalized spacial score (nSPS) is 30.7. The highest BCUT2D eigenvalue weighted by Gasteiger charge is 2.22. The molecule has 2 nitrogen and oxygen atoms in total. The van der Waals surface area contributed by atoms with Gasteiger partial charge in [-0.05, 0) is 31.6 Å². The predicted molar refractivity (Wildman–Crippen MR) is 55.9 cm³/mol. The van der Waals surface area contributed by atoms with Gasteiger partial charge in [0.15, 0.2) is 0 Å². The molecule has 0 amide bonds. The summed E-state index contributed by atoms with van der Waals surface area (Å²) in [5.74, 6) is 0.914. The van der Waals surface area contributed by atoms with Crippen molar-refractivity contribution in [3.05, 3.63) is 0 Å². The van der Waals surface area contributed by atoms with Gasteiger partial charge >= 0.3 is 0 Å². The highest BCUT2D eigenvalue weighted by atomic mass is 16.5. The highest BCUT2D eigenvalue weighted by Crippen LogP contribution is 2.25. The summed E-state index contributed by atoms with van der Waals surface area (Å²) in [5.41, 5.74) is 0. The van der Waals surface area contributed by atoms with Gasteiger partial charge in [0, 0.05) is 19.2 Å². The van der Waals surface area contributed by atoms with Gasteiger partial charge in [-0.1, -0.05) is 13.8 Å². The molecule has 1 N–H and O–H groups in total. The summed E-state index contributed by atoms with van der Waals surface area (Å²) in [7, 11) is 1.78. The van der Waals surface area contributed by atoms with Crippen molar-refractivity contribution in [2.24, 2.45) is 5.92 Å². The van der Waals surface area contributed by atoms with Crippen molar-refractivity contribution in [3.63, 3.8) is 0 Å². The van der Waals surface area contributed by atoms with Crippen LogP contribution in [0, 0.1) is 5.92 Å². The Morgan fingerprint density at radius 3 is 2.69 bits per heavy atom. The van der Waals surface area contributed by atoms with E-state index in [1.165, 1.54) is 25.7 Å². The summed E-state index contributed by atoms with van der Waals surface area (Å²) in [6.45, 7) is 5.41. The van der Waals surface area contributed by atoms with Crippen LogP contribution in [-0.2, 0) is 4.74 Å². The van der Waals surface area contributed by atoms with Crippen LogP contribution < -0.4 is 5.32 Å². The van der Waals surface area contributed by atoms with Crippen LogP contribution in [0.2, 0.25) is 0 Å². The average Bonchev–Trinajstić information content (AvgIpc) is 2.50. The van der Waals surface area contributed by atoms with E-state index in [4.69, 9.17) is 4.74 Å². The second kappa shape index (κ2) is 5.61. The SMILES string of the molecule is CC[C@H](COC)N[C@H]1CC[C@H](C)C1. The van der Waals surface area contributed by atoms with E-state index in [0.717, 1.165) is 18.6 Å². The number of nitrogens with one attached hydrogen (secondary N) is 1. The molecule has 0 spiro atoms. The van der Waals surface area contributed by atoms with Crippen LogP contribution in [0.3, 0.4) is 0 Å².